The molecule has 1 saturated heterocycles. The summed E-state index contributed by atoms with van der Waals surface area (Å²) in [7, 11) is 0. The summed E-state index contributed by atoms with van der Waals surface area (Å²) in [5.74, 6) is -2.29. The number of carbonyl (C=O) groups excluding carboxylic acids is 3. The van der Waals surface area contributed by atoms with Crippen molar-refractivity contribution in [1.82, 2.24) is 20.3 Å². The second-order valence-corrected chi connectivity index (χ2v) is 11.5. The molecule has 9 heteroatoms. The number of hydrogen-bond donors (Lipinski definition) is 5. The predicted molar refractivity (Wildman–Crippen MR) is 165 cm³/mol. The Kier molecular flexibility index (Phi) is 7.01. The minimum atomic E-state index is -1.20. The third kappa shape index (κ3) is 4.13. The van der Waals surface area contributed by atoms with E-state index in [-0.39, 0.29) is 17.6 Å². The Morgan fingerprint density at radius 3 is 2.40 bits per heavy atom. The Balaban J connectivity index is 1.75. The first kappa shape index (κ1) is 28.5. The number of ketones is 1. The summed E-state index contributed by atoms with van der Waals surface area (Å²) in [6.07, 6.45) is 10.0. The number of aldehydes is 1. The number of rotatable bonds is 6. The molecule has 3 atom stereocenters. The number of aromatic amines is 3. The first-order chi connectivity index (χ1) is 20.7. The van der Waals surface area contributed by atoms with E-state index in [0.29, 0.717) is 45.4 Å². The van der Waals surface area contributed by atoms with Gasteiger partial charge in [-0.3, -0.25) is 14.4 Å². The van der Waals surface area contributed by atoms with Crippen molar-refractivity contribution in [1.29, 1.82) is 0 Å². The lowest BCUT2D eigenvalue weighted by Crippen LogP contribution is -2.26. The van der Waals surface area contributed by atoms with Gasteiger partial charge in [-0.05, 0) is 61.6 Å². The molecule has 1 fully saturated rings. The third-order valence-corrected chi connectivity index (χ3v) is 9.40. The van der Waals surface area contributed by atoms with E-state index in [2.05, 4.69) is 46.8 Å². The normalized spacial score (nSPS) is 24.8. The summed E-state index contributed by atoms with van der Waals surface area (Å²) in [6, 6.07) is 0. The Bertz CT molecular complexity index is 1910. The second-order valence-electron chi connectivity index (χ2n) is 11.5. The van der Waals surface area contributed by atoms with E-state index < -0.39 is 18.7 Å². The lowest BCUT2D eigenvalue weighted by molar-refractivity contribution is -0.152. The van der Waals surface area contributed by atoms with Crippen LogP contribution in [0, 0.1) is 31.6 Å². The highest BCUT2D eigenvalue weighted by Gasteiger charge is 2.48. The fourth-order valence-electron chi connectivity index (χ4n) is 7.14. The summed E-state index contributed by atoms with van der Waals surface area (Å²) < 4.78 is 5.01. The van der Waals surface area contributed by atoms with Crippen LogP contribution >= 0.6 is 0 Å². The van der Waals surface area contributed by atoms with Crippen molar-refractivity contribution < 1.29 is 24.2 Å². The molecule has 5 N–H and O–H groups in total. The quantitative estimate of drug-likeness (QED) is 0.131. The Hall–Kier alpha value is -4.63. The van der Waals surface area contributed by atoms with Crippen LogP contribution in [0.4, 0.5) is 0 Å². The van der Waals surface area contributed by atoms with Gasteiger partial charge in [-0.15, -0.1) is 0 Å². The molecule has 43 heavy (non-hydrogen) atoms. The van der Waals surface area contributed by atoms with Crippen molar-refractivity contribution >= 4 is 47.9 Å². The topological polar surface area (TPSA) is 140 Å². The van der Waals surface area contributed by atoms with Crippen molar-refractivity contribution in [2.45, 2.75) is 47.5 Å². The molecule has 1 aliphatic carbocycles. The molecule has 3 aromatic heterocycles. The van der Waals surface area contributed by atoms with Crippen LogP contribution in [0.15, 0.2) is 18.0 Å². The number of ether oxygens (including phenoxy) is 1. The predicted octanol–water partition coefficient (Wildman–Crippen LogP) is 3.60. The average molecular weight is 581 g/mol. The summed E-state index contributed by atoms with van der Waals surface area (Å²) in [5.41, 5.74) is 9.82. The van der Waals surface area contributed by atoms with Gasteiger partial charge >= 0.3 is 5.97 Å². The Labute approximate surface area is 249 Å². The van der Waals surface area contributed by atoms with E-state index in [1.807, 2.05) is 39.0 Å². The number of Topliss-reactive ketones (excluding diaryl/α,β-unsaturated/α-hetero) is 1. The number of carbonyl (C=O) groups is 3. The number of hydrogen-bond acceptors (Lipinski definition) is 6. The standard InChI is InChI=1S/C34H36N4O5/c1-7-18-15(4)22-10-23-16(5)19(8-2)31(37-23)29-30(34(42)43-14-40)33(41)28-17(6)24(38-32(28)29)11-26-20(9-3)21(13-39)27(36-26)12-25(18)35-22/h7,10-13,16,19,30,35-38,40H,1,8-9,14H2,2-6H3/b23-10-,26-11-,27-12-,31-29-/t16-,19-,30+/m0/s1. The maximum atomic E-state index is 14.0. The third-order valence-electron chi connectivity index (χ3n) is 9.40. The number of esters is 1. The molecule has 0 radical (unpaired) electrons. The number of H-pyrrole nitrogens is 3. The van der Waals surface area contributed by atoms with Crippen molar-refractivity contribution in [2.24, 2.45) is 17.8 Å². The minimum absolute atomic E-state index is 0.00343. The van der Waals surface area contributed by atoms with Crippen LogP contribution in [0.25, 0.3) is 29.9 Å². The van der Waals surface area contributed by atoms with Gasteiger partial charge in [0.05, 0.1) is 11.0 Å². The lowest BCUT2D eigenvalue weighted by Gasteiger charge is -2.18. The van der Waals surface area contributed by atoms with Gasteiger partial charge in [0, 0.05) is 67.9 Å². The molecule has 0 unspecified atom stereocenters. The Morgan fingerprint density at radius 2 is 1.74 bits per heavy atom. The maximum Gasteiger partial charge on any atom is 0.323 e. The van der Waals surface area contributed by atoms with Gasteiger partial charge in [-0.25, -0.2) is 0 Å². The smallest absolute Gasteiger partial charge is 0.323 e. The van der Waals surface area contributed by atoms with Gasteiger partial charge in [0.1, 0.15) is 5.92 Å². The number of fused-ring (bicyclic) bond motifs is 7. The van der Waals surface area contributed by atoms with Crippen molar-refractivity contribution in [3.63, 3.8) is 0 Å². The average Bonchev–Trinajstić information content (AvgIpc) is 3.73. The van der Waals surface area contributed by atoms with Gasteiger partial charge in [-0.1, -0.05) is 33.4 Å². The van der Waals surface area contributed by atoms with Gasteiger partial charge in [-0.2, -0.15) is 0 Å². The summed E-state index contributed by atoms with van der Waals surface area (Å²) >= 11 is 0. The van der Waals surface area contributed by atoms with E-state index in [1.54, 1.807) is 0 Å². The van der Waals surface area contributed by atoms with E-state index in [4.69, 9.17) is 4.74 Å². The van der Waals surface area contributed by atoms with Crippen molar-refractivity contribution in [3.05, 3.63) is 84.8 Å². The molecule has 5 heterocycles. The highest BCUT2D eigenvalue weighted by atomic mass is 16.6. The molecule has 6 rings (SSSR count). The molecule has 0 amide bonds. The van der Waals surface area contributed by atoms with E-state index in [1.165, 1.54) is 0 Å². The monoisotopic (exact) mass is 580 g/mol. The molecule has 3 aliphatic rings. The number of nitrogens with one attached hydrogen (secondary N) is 4. The summed E-state index contributed by atoms with van der Waals surface area (Å²) in [4.78, 5) is 50.0. The molecule has 0 saturated carbocycles. The molecular formula is C34H36N4O5. The van der Waals surface area contributed by atoms with Crippen LogP contribution in [-0.2, 0) is 16.0 Å². The van der Waals surface area contributed by atoms with Crippen molar-refractivity contribution in [2.75, 3.05) is 6.79 Å². The summed E-state index contributed by atoms with van der Waals surface area (Å²) in [6.45, 7) is 13.3. The molecule has 3 aromatic rings. The molecular weight excluding hydrogens is 544 g/mol. The molecule has 0 spiro atoms. The van der Waals surface area contributed by atoms with E-state index >= 15 is 0 Å². The SMILES string of the molecule is C=Cc1c2[nH]c(c1C)/C=C1\N/C(=C3\c4[nH]c(c(C)c4C(=O)[C@@H]3C(=O)OCO)/C=c3\[nH]/c(c(C=O)c3CC)=C\2)[C@@H](CC)[C@@H]1C. The number of allylic oxidation sites excluding steroid dienone is 2. The number of aliphatic hydroxyl groups is 1. The van der Waals surface area contributed by atoms with Gasteiger partial charge < -0.3 is 30.1 Å². The highest BCUT2D eigenvalue weighted by Crippen LogP contribution is 2.48. The largest absolute Gasteiger partial charge is 0.438 e. The van der Waals surface area contributed by atoms with Crippen LogP contribution < -0.4 is 16.0 Å². The zero-order chi connectivity index (χ0) is 30.7. The molecule has 8 bridgehead atoms. The zero-order valence-electron chi connectivity index (χ0n) is 25.0. The highest BCUT2D eigenvalue weighted by molar-refractivity contribution is 6.24. The molecule has 0 aromatic carbocycles. The van der Waals surface area contributed by atoms with Crippen LogP contribution in [0.5, 0.6) is 0 Å². The van der Waals surface area contributed by atoms with E-state index in [9.17, 15) is 19.5 Å². The first-order valence-electron chi connectivity index (χ1n) is 14.7. The van der Waals surface area contributed by atoms with Crippen LogP contribution in [0.2, 0.25) is 0 Å². The Morgan fingerprint density at radius 1 is 1.02 bits per heavy atom. The molecule has 9 nitrogen and oxygen atoms in total. The van der Waals surface area contributed by atoms with Crippen LogP contribution in [0.3, 0.4) is 0 Å². The second kappa shape index (κ2) is 10.6. The van der Waals surface area contributed by atoms with Crippen LogP contribution in [0.1, 0.15) is 92.9 Å². The van der Waals surface area contributed by atoms with Crippen LogP contribution in [-0.4, -0.2) is 44.9 Å². The fraction of sp³-hybridized carbons (Fsp3) is 0.324. The van der Waals surface area contributed by atoms with E-state index in [0.717, 1.165) is 57.5 Å². The maximum absolute atomic E-state index is 14.0. The van der Waals surface area contributed by atoms with Gasteiger partial charge in [0.2, 0.25) is 0 Å². The minimum Gasteiger partial charge on any atom is -0.438 e. The first-order valence-corrected chi connectivity index (χ1v) is 14.7. The van der Waals surface area contributed by atoms with Gasteiger partial charge in [0.15, 0.2) is 18.9 Å². The fourth-order valence-corrected chi connectivity index (χ4v) is 7.14. The summed E-state index contributed by atoms with van der Waals surface area (Å²) in [5, 5.41) is 14.4. The van der Waals surface area contributed by atoms with Crippen molar-refractivity contribution in [3.8, 4) is 0 Å². The number of aromatic nitrogens is 3. The number of aliphatic hydroxyl groups excluding tert-OH is 1. The van der Waals surface area contributed by atoms with Gasteiger partial charge in [0.25, 0.3) is 0 Å². The lowest BCUT2D eigenvalue weighted by atomic mass is 9.86. The molecule has 222 valence electrons. The molecule has 2 aliphatic heterocycles. The zero-order valence-corrected chi connectivity index (χ0v) is 25.0.